The summed E-state index contributed by atoms with van der Waals surface area (Å²) in [6, 6.07) is 9.45. The molecule has 0 heterocycles. The van der Waals surface area contributed by atoms with Crippen LogP contribution < -0.4 is 10.1 Å². The van der Waals surface area contributed by atoms with Crippen molar-refractivity contribution in [3.8, 4) is 5.75 Å². The van der Waals surface area contributed by atoms with Crippen molar-refractivity contribution < 1.29 is 4.74 Å². The summed E-state index contributed by atoms with van der Waals surface area (Å²) in [4.78, 5) is 2.28. The average molecular weight is 290 g/mol. The number of hydrogen-bond donors (Lipinski definition) is 1. The molecule has 2 atom stereocenters. The monoisotopic (exact) mass is 290 g/mol. The minimum Gasteiger partial charge on any atom is -0.497 e. The maximum atomic E-state index is 5.35. The average Bonchev–Trinajstić information content (AvgIpc) is 2.78. The zero-order chi connectivity index (χ0) is 15.5. The summed E-state index contributed by atoms with van der Waals surface area (Å²) in [5.74, 6) is 0.932. The van der Waals surface area contributed by atoms with E-state index < -0.39 is 0 Å². The number of hydrogen-bond acceptors (Lipinski definition) is 3. The zero-order valence-corrected chi connectivity index (χ0v) is 14.1. The Morgan fingerprint density at radius 1 is 1.38 bits per heavy atom. The Hall–Kier alpha value is -1.06. The molecular formula is C18H30N2O. The molecule has 3 nitrogen and oxygen atoms in total. The van der Waals surface area contributed by atoms with E-state index in [1.807, 2.05) is 6.07 Å². The second-order valence-electron chi connectivity index (χ2n) is 7.27. The molecule has 0 saturated heterocycles. The summed E-state index contributed by atoms with van der Waals surface area (Å²) in [6.45, 7) is 5.74. The van der Waals surface area contributed by atoms with Crippen molar-refractivity contribution >= 4 is 0 Å². The van der Waals surface area contributed by atoms with E-state index in [-0.39, 0.29) is 0 Å². The maximum Gasteiger partial charge on any atom is 0.119 e. The summed E-state index contributed by atoms with van der Waals surface area (Å²) >= 11 is 0. The second-order valence-corrected chi connectivity index (χ2v) is 7.27. The number of nitrogens with zero attached hydrogens (tertiary/aromatic N) is 1. The molecule has 118 valence electrons. The minimum atomic E-state index is 0.379. The Bertz CT molecular complexity index is 456. The third-order valence-corrected chi connectivity index (χ3v) is 4.67. The third-order valence-electron chi connectivity index (χ3n) is 4.67. The lowest BCUT2D eigenvalue weighted by Gasteiger charge is -2.27. The first kappa shape index (κ1) is 16.3. The normalized spacial score (nSPS) is 22.5. The highest BCUT2D eigenvalue weighted by Gasteiger charge is 2.31. The number of benzene rings is 1. The smallest absolute Gasteiger partial charge is 0.119 e. The van der Waals surface area contributed by atoms with Crippen LogP contribution in [-0.2, 0) is 0 Å². The molecule has 0 aromatic heterocycles. The van der Waals surface area contributed by atoms with Gasteiger partial charge in [-0.2, -0.15) is 0 Å². The molecule has 21 heavy (non-hydrogen) atoms. The van der Waals surface area contributed by atoms with Crippen LogP contribution in [0.25, 0.3) is 0 Å². The van der Waals surface area contributed by atoms with Gasteiger partial charge in [0.1, 0.15) is 5.75 Å². The van der Waals surface area contributed by atoms with E-state index in [1.54, 1.807) is 7.11 Å². The van der Waals surface area contributed by atoms with Crippen molar-refractivity contribution in [1.82, 2.24) is 10.2 Å². The fourth-order valence-corrected chi connectivity index (χ4v) is 3.34. The first-order valence-electron chi connectivity index (χ1n) is 7.95. The molecule has 0 radical (unpaired) electrons. The van der Waals surface area contributed by atoms with Gasteiger partial charge in [0.2, 0.25) is 0 Å². The molecule has 1 aromatic rings. The summed E-state index contributed by atoms with van der Waals surface area (Å²) in [5, 5.41) is 3.77. The molecule has 1 aromatic carbocycles. The number of methoxy groups -OCH3 is 1. The lowest BCUT2D eigenvalue weighted by molar-refractivity contribution is 0.274. The quantitative estimate of drug-likeness (QED) is 0.868. The van der Waals surface area contributed by atoms with Crippen molar-refractivity contribution in [3.63, 3.8) is 0 Å². The van der Waals surface area contributed by atoms with Gasteiger partial charge in [0.25, 0.3) is 0 Å². The Labute approximate surface area is 129 Å². The van der Waals surface area contributed by atoms with Crippen LogP contribution in [0.3, 0.4) is 0 Å². The van der Waals surface area contributed by atoms with Crippen molar-refractivity contribution in [2.45, 2.75) is 45.2 Å². The van der Waals surface area contributed by atoms with Crippen LogP contribution >= 0.6 is 0 Å². The molecule has 1 fully saturated rings. The lowest BCUT2D eigenvalue weighted by atomic mass is 9.92. The Kier molecular flexibility index (Phi) is 5.28. The number of nitrogens with one attached hydrogen (secondary N) is 1. The largest absolute Gasteiger partial charge is 0.497 e. The van der Waals surface area contributed by atoms with Gasteiger partial charge in [-0.1, -0.05) is 26.0 Å². The summed E-state index contributed by atoms with van der Waals surface area (Å²) in [7, 11) is 6.01. The lowest BCUT2D eigenvalue weighted by Crippen LogP contribution is -2.36. The standard InChI is InChI=1S/C18H30N2O/c1-18(2)10-9-15(12-18)19-13-17(20(3)4)14-7-6-8-16(11-14)21-5/h6-8,11,15,17,19H,9-10,12-13H2,1-5H3. The highest BCUT2D eigenvalue weighted by atomic mass is 16.5. The van der Waals surface area contributed by atoms with Gasteiger partial charge in [0, 0.05) is 18.6 Å². The van der Waals surface area contributed by atoms with E-state index in [4.69, 9.17) is 4.74 Å². The molecule has 2 unspecified atom stereocenters. The van der Waals surface area contributed by atoms with Crippen molar-refractivity contribution in [2.75, 3.05) is 27.7 Å². The van der Waals surface area contributed by atoms with E-state index in [2.05, 4.69) is 56.4 Å². The van der Waals surface area contributed by atoms with Crippen LogP contribution in [0.2, 0.25) is 0 Å². The molecule has 1 saturated carbocycles. The van der Waals surface area contributed by atoms with Crippen molar-refractivity contribution in [2.24, 2.45) is 5.41 Å². The number of ether oxygens (including phenoxy) is 1. The molecule has 2 rings (SSSR count). The molecule has 0 bridgehead atoms. The van der Waals surface area contributed by atoms with Crippen LogP contribution in [0.15, 0.2) is 24.3 Å². The Morgan fingerprint density at radius 3 is 2.71 bits per heavy atom. The Morgan fingerprint density at radius 2 is 2.14 bits per heavy atom. The fourth-order valence-electron chi connectivity index (χ4n) is 3.34. The highest BCUT2D eigenvalue weighted by molar-refractivity contribution is 5.30. The Balaban J connectivity index is 1.99. The molecule has 0 aliphatic heterocycles. The summed E-state index contributed by atoms with van der Waals surface area (Å²) in [6.07, 6.45) is 3.91. The van der Waals surface area contributed by atoms with Crippen LogP contribution in [0.4, 0.5) is 0 Å². The van der Waals surface area contributed by atoms with Gasteiger partial charge in [0.05, 0.1) is 7.11 Å². The van der Waals surface area contributed by atoms with Gasteiger partial charge in [-0.05, 0) is 56.5 Å². The summed E-state index contributed by atoms with van der Waals surface area (Å²) in [5.41, 5.74) is 1.81. The van der Waals surface area contributed by atoms with E-state index in [9.17, 15) is 0 Å². The number of rotatable bonds is 6. The van der Waals surface area contributed by atoms with Crippen LogP contribution in [-0.4, -0.2) is 38.7 Å². The van der Waals surface area contributed by atoms with Crippen molar-refractivity contribution in [1.29, 1.82) is 0 Å². The molecule has 3 heteroatoms. The summed E-state index contributed by atoms with van der Waals surface area (Å²) < 4.78 is 5.35. The van der Waals surface area contributed by atoms with Crippen LogP contribution in [0.1, 0.15) is 44.7 Å². The van der Waals surface area contributed by atoms with Gasteiger partial charge in [-0.15, -0.1) is 0 Å². The van der Waals surface area contributed by atoms with Gasteiger partial charge >= 0.3 is 0 Å². The van der Waals surface area contributed by atoms with E-state index in [0.29, 0.717) is 17.5 Å². The first-order valence-corrected chi connectivity index (χ1v) is 7.95. The van der Waals surface area contributed by atoms with Gasteiger partial charge in [-0.3, -0.25) is 0 Å². The second kappa shape index (κ2) is 6.80. The van der Waals surface area contributed by atoms with Crippen LogP contribution in [0.5, 0.6) is 5.75 Å². The van der Waals surface area contributed by atoms with Gasteiger partial charge in [0.15, 0.2) is 0 Å². The van der Waals surface area contributed by atoms with Crippen LogP contribution in [0, 0.1) is 5.41 Å². The SMILES string of the molecule is COc1cccc(C(CNC2CCC(C)(C)C2)N(C)C)c1. The highest BCUT2D eigenvalue weighted by Crippen LogP contribution is 2.37. The third kappa shape index (κ3) is 4.45. The molecule has 1 aliphatic carbocycles. The molecule has 1 aliphatic rings. The molecule has 0 amide bonds. The topological polar surface area (TPSA) is 24.5 Å². The number of likely N-dealkylation sites (N-methyl/N-ethyl adjacent to an activating group) is 1. The first-order chi connectivity index (χ1) is 9.91. The minimum absolute atomic E-state index is 0.379. The van der Waals surface area contributed by atoms with E-state index in [1.165, 1.54) is 24.8 Å². The zero-order valence-electron chi connectivity index (χ0n) is 14.1. The van der Waals surface area contributed by atoms with Crippen molar-refractivity contribution in [3.05, 3.63) is 29.8 Å². The van der Waals surface area contributed by atoms with E-state index >= 15 is 0 Å². The molecule has 0 spiro atoms. The van der Waals surface area contributed by atoms with E-state index in [0.717, 1.165) is 12.3 Å². The predicted molar refractivity (Wildman–Crippen MR) is 88.8 cm³/mol. The van der Waals surface area contributed by atoms with Gasteiger partial charge in [-0.25, -0.2) is 0 Å². The molecular weight excluding hydrogens is 260 g/mol. The predicted octanol–water partition coefficient (Wildman–Crippen LogP) is 3.47. The molecule has 1 N–H and O–H groups in total. The fraction of sp³-hybridized carbons (Fsp3) is 0.667. The van der Waals surface area contributed by atoms with Gasteiger partial charge < -0.3 is 15.0 Å². The maximum absolute atomic E-state index is 5.35.